The minimum atomic E-state index is -0.522. The quantitative estimate of drug-likeness (QED) is 0.209. The average Bonchev–Trinajstić information content (AvgIpc) is 3.06. The molecule has 3 aromatic rings. The Morgan fingerprint density at radius 3 is 2.60 bits per heavy atom. The number of nitro groups is 1. The van der Waals surface area contributed by atoms with E-state index in [1.807, 2.05) is 0 Å². The van der Waals surface area contributed by atoms with Crippen LogP contribution in [-0.4, -0.2) is 33.9 Å². The van der Waals surface area contributed by atoms with Crippen LogP contribution in [-0.2, 0) is 17.9 Å². The normalized spacial score (nSPS) is 11.0. The summed E-state index contributed by atoms with van der Waals surface area (Å²) in [6, 6.07) is 8.60. The minimum absolute atomic E-state index is 0.114. The summed E-state index contributed by atoms with van der Waals surface area (Å²) in [5, 5.41) is 20.1. The molecule has 184 valence electrons. The third-order valence-corrected chi connectivity index (χ3v) is 6.19. The van der Waals surface area contributed by atoms with Crippen LogP contribution in [0.2, 0.25) is 10.0 Å². The van der Waals surface area contributed by atoms with Crippen molar-refractivity contribution in [3.63, 3.8) is 0 Å². The molecule has 1 N–H and O–H groups in total. The maximum atomic E-state index is 12.2. The molecule has 0 bridgehead atoms. The molecule has 0 aliphatic heterocycles. The van der Waals surface area contributed by atoms with Crippen molar-refractivity contribution in [3.05, 3.63) is 77.5 Å². The highest BCUT2D eigenvalue weighted by Gasteiger charge is 2.22. The maximum absolute atomic E-state index is 12.2. The molecule has 1 heterocycles. The molecule has 0 aliphatic rings. The lowest BCUT2D eigenvalue weighted by Crippen LogP contribution is -2.24. The van der Waals surface area contributed by atoms with Crippen molar-refractivity contribution >= 4 is 56.9 Å². The zero-order chi connectivity index (χ0) is 25.7. The van der Waals surface area contributed by atoms with Gasteiger partial charge in [-0.2, -0.15) is 10.2 Å². The Kier molecular flexibility index (Phi) is 8.71. The van der Waals surface area contributed by atoms with Crippen LogP contribution in [0.5, 0.6) is 11.5 Å². The van der Waals surface area contributed by atoms with E-state index in [4.69, 9.17) is 32.7 Å². The number of benzene rings is 2. The fourth-order valence-corrected chi connectivity index (χ4v) is 4.31. The molecular weight excluding hydrogens is 565 g/mol. The fraction of sp³-hybridized carbons (Fsp3) is 0.227. The molecule has 10 nitrogen and oxygen atoms in total. The third-order valence-electron chi connectivity index (χ3n) is 4.90. The predicted octanol–water partition coefficient (Wildman–Crippen LogP) is 5.22. The second-order valence-corrected chi connectivity index (χ2v) is 8.92. The smallest absolute Gasteiger partial charge is 0.312 e. The topological polar surface area (TPSA) is 121 Å². The first kappa shape index (κ1) is 26.5. The Balaban J connectivity index is 1.68. The maximum Gasteiger partial charge on any atom is 0.312 e. The summed E-state index contributed by atoms with van der Waals surface area (Å²) in [6.45, 7) is 2.95. The van der Waals surface area contributed by atoms with Gasteiger partial charge >= 0.3 is 5.69 Å². The summed E-state index contributed by atoms with van der Waals surface area (Å²) in [4.78, 5) is 22.8. The number of hydrazone groups is 1. The number of methoxy groups -OCH3 is 1. The van der Waals surface area contributed by atoms with Crippen molar-refractivity contribution in [2.45, 2.75) is 27.0 Å². The lowest BCUT2D eigenvalue weighted by atomic mass is 10.2. The van der Waals surface area contributed by atoms with Gasteiger partial charge < -0.3 is 9.47 Å². The zero-order valence-electron chi connectivity index (χ0n) is 18.8. The number of amides is 1. The van der Waals surface area contributed by atoms with Crippen LogP contribution in [0.15, 0.2) is 39.9 Å². The van der Waals surface area contributed by atoms with Crippen LogP contribution in [0.3, 0.4) is 0 Å². The molecule has 0 saturated heterocycles. The Morgan fingerprint density at radius 2 is 2.00 bits per heavy atom. The largest absolute Gasteiger partial charge is 0.493 e. The number of aromatic nitrogens is 2. The number of rotatable bonds is 9. The van der Waals surface area contributed by atoms with Gasteiger partial charge in [0.1, 0.15) is 24.5 Å². The van der Waals surface area contributed by atoms with Crippen molar-refractivity contribution in [1.29, 1.82) is 0 Å². The van der Waals surface area contributed by atoms with Gasteiger partial charge in [0.05, 0.1) is 22.7 Å². The second-order valence-electron chi connectivity index (χ2n) is 7.25. The van der Waals surface area contributed by atoms with Crippen LogP contribution in [0.25, 0.3) is 0 Å². The number of nitrogens with zero attached hydrogens (tertiary/aromatic N) is 4. The lowest BCUT2D eigenvalue weighted by Gasteiger charge is -2.14. The number of carbonyl (C=O) groups excluding carboxylic acids is 1. The van der Waals surface area contributed by atoms with Crippen molar-refractivity contribution in [1.82, 2.24) is 15.2 Å². The van der Waals surface area contributed by atoms with Gasteiger partial charge in [0.2, 0.25) is 0 Å². The van der Waals surface area contributed by atoms with E-state index in [9.17, 15) is 14.9 Å². The van der Waals surface area contributed by atoms with Crippen LogP contribution >= 0.6 is 39.1 Å². The van der Waals surface area contributed by atoms with E-state index in [0.717, 1.165) is 0 Å². The Labute approximate surface area is 219 Å². The van der Waals surface area contributed by atoms with Crippen LogP contribution in [0.1, 0.15) is 22.5 Å². The van der Waals surface area contributed by atoms with Gasteiger partial charge in [0, 0.05) is 15.6 Å². The molecular formula is C22H20BrCl2N5O5. The van der Waals surface area contributed by atoms with Crippen molar-refractivity contribution in [2.24, 2.45) is 5.10 Å². The van der Waals surface area contributed by atoms with Crippen molar-refractivity contribution < 1.29 is 19.2 Å². The van der Waals surface area contributed by atoms with Gasteiger partial charge in [-0.1, -0.05) is 29.3 Å². The van der Waals surface area contributed by atoms with Crippen LogP contribution in [0, 0.1) is 24.0 Å². The number of ether oxygens (including phenoxy) is 2. The highest BCUT2D eigenvalue weighted by Crippen LogP contribution is 2.37. The third kappa shape index (κ3) is 6.30. The number of hydrogen-bond acceptors (Lipinski definition) is 7. The van der Waals surface area contributed by atoms with E-state index >= 15 is 0 Å². The number of hydrogen-bond donors (Lipinski definition) is 1. The van der Waals surface area contributed by atoms with E-state index in [2.05, 4.69) is 31.6 Å². The minimum Gasteiger partial charge on any atom is -0.493 e. The molecule has 3 rings (SSSR count). The number of halogens is 3. The summed E-state index contributed by atoms with van der Waals surface area (Å²) in [6.07, 6.45) is 1.42. The fourth-order valence-electron chi connectivity index (χ4n) is 3.22. The Morgan fingerprint density at radius 1 is 1.31 bits per heavy atom. The summed E-state index contributed by atoms with van der Waals surface area (Å²) in [5.74, 6) is 0.366. The molecule has 0 aliphatic carbocycles. The molecule has 1 amide bonds. The van der Waals surface area contributed by atoms with Crippen LogP contribution < -0.4 is 14.9 Å². The van der Waals surface area contributed by atoms with Crippen molar-refractivity contribution in [2.75, 3.05) is 7.11 Å². The van der Waals surface area contributed by atoms with Gasteiger partial charge in [-0.25, -0.2) is 5.43 Å². The van der Waals surface area contributed by atoms with Gasteiger partial charge in [-0.05, 0) is 59.6 Å². The number of carbonyl (C=O) groups is 1. The standard InChI is InChI=1S/C22H20BrCl2N5O5/c1-12-21(30(32)33)13(2)29(28-12)10-20(31)27-26-9-14-7-16(23)22(19(8-14)34-3)35-11-15-17(24)5-4-6-18(15)25/h4-9H,10-11H2,1-3H3,(H,27,31)/b26-9+. The molecule has 35 heavy (non-hydrogen) atoms. The van der Waals surface area contributed by atoms with Crippen molar-refractivity contribution in [3.8, 4) is 11.5 Å². The molecule has 0 unspecified atom stereocenters. The molecule has 1 aromatic heterocycles. The molecule has 0 saturated carbocycles. The SMILES string of the molecule is COc1cc(/C=N/NC(=O)Cn2nc(C)c([N+](=O)[O-])c2C)cc(Br)c1OCc1c(Cl)cccc1Cl. The molecule has 0 spiro atoms. The average molecular weight is 585 g/mol. The summed E-state index contributed by atoms with van der Waals surface area (Å²) >= 11 is 15.9. The van der Waals surface area contributed by atoms with E-state index in [0.29, 0.717) is 37.1 Å². The second kappa shape index (κ2) is 11.5. The van der Waals surface area contributed by atoms with Gasteiger partial charge in [0.15, 0.2) is 11.5 Å². The Hall–Kier alpha value is -3.15. The monoisotopic (exact) mass is 583 g/mol. The highest BCUT2D eigenvalue weighted by atomic mass is 79.9. The summed E-state index contributed by atoms with van der Waals surface area (Å²) in [7, 11) is 1.49. The van der Waals surface area contributed by atoms with Gasteiger partial charge in [-0.3, -0.25) is 19.6 Å². The Bertz CT molecular complexity index is 1290. The number of aryl methyl sites for hydroxylation is 1. The van der Waals surface area contributed by atoms with Gasteiger partial charge in [0.25, 0.3) is 5.91 Å². The summed E-state index contributed by atoms with van der Waals surface area (Å²) in [5.41, 5.74) is 4.04. The van der Waals surface area contributed by atoms with E-state index < -0.39 is 10.8 Å². The van der Waals surface area contributed by atoms with E-state index in [1.54, 1.807) is 30.3 Å². The summed E-state index contributed by atoms with van der Waals surface area (Å²) < 4.78 is 13.2. The first-order chi connectivity index (χ1) is 16.6. The molecule has 13 heteroatoms. The molecule has 0 radical (unpaired) electrons. The first-order valence-corrected chi connectivity index (χ1v) is 11.6. The molecule has 0 fully saturated rings. The van der Waals surface area contributed by atoms with Gasteiger partial charge in [-0.15, -0.1) is 0 Å². The predicted molar refractivity (Wildman–Crippen MR) is 136 cm³/mol. The van der Waals surface area contributed by atoms with E-state index in [1.165, 1.54) is 31.9 Å². The molecule has 0 atom stereocenters. The highest BCUT2D eigenvalue weighted by molar-refractivity contribution is 9.10. The molecule has 2 aromatic carbocycles. The zero-order valence-corrected chi connectivity index (χ0v) is 21.9. The van der Waals surface area contributed by atoms with Crippen LogP contribution in [0.4, 0.5) is 5.69 Å². The lowest BCUT2D eigenvalue weighted by molar-refractivity contribution is -0.386. The number of nitrogens with one attached hydrogen (secondary N) is 1. The first-order valence-electron chi connectivity index (χ1n) is 10.1. The van der Waals surface area contributed by atoms with E-state index in [-0.39, 0.29) is 30.2 Å².